The number of carbonyl (C=O) groups is 2. The predicted octanol–water partition coefficient (Wildman–Crippen LogP) is 1.17. The molecule has 0 radical (unpaired) electrons. The number of rotatable bonds is 4. The van der Waals surface area contributed by atoms with Crippen molar-refractivity contribution in [2.24, 2.45) is 17.4 Å². The smallest absolute Gasteiger partial charge is 0.227 e. The molecule has 2 amide bonds. The van der Waals surface area contributed by atoms with Gasteiger partial charge in [-0.25, -0.2) is 0 Å². The molecule has 0 unspecified atom stereocenters. The van der Waals surface area contributed by atoms with Crippen molar-refractivity contribution < 1.29 is 9.59 Å². The van der Waals surface area contributed by atoms with Crippen LogP contribution in [0.5, 0.6) is 0 Å². The van der Waals surface area contributed by atoms with Gasteiger partial charge in [0.1, 0.15) is 0 Å². The highest BCUT2D eigenvalue weighted by Crippen LogP contribution is 2.25. The van der Waals surface area contributed by atoms with Gasteiger partial charge in [-0.15, -0.1) is 0 Å². The van der Waals surface area contributed by atoms with Gasteiger partial charge in [0.05, 0.1) is 6.42 Å². The highest BCUT2D eigenvalue weighted by Gasteiger charge is 2.24. The van der Waals surface area contributed by atoms with Crippen molar-refractivity contribution in [3.63, 3.8) is 0 Å². The van der Waals surface area contributed by atoms with Gasteiger partial charge in [-0.2, -0.15) is 0 Å². The monoisotopic (exact) mass is 275 g/mol. The summed E-state index contributed by atoms with van der Waals surface area (Å²) in [4.78, 5) is 23.3. The Bertz CT molecular complexity index is 494. The number of nitrogens with two attached hydrogens (primary N) is 2. The number of hydrogen-bond donors (Lipinski definition) is 3. The first kappa shape index (κ1) is 14.5. The summed E-state index contributed by atoms with van der Waals surface area (Å²) >= 11 is 0. The summed E-state index contributed by atoms with van der Waals surface area (Å²) in [6, 6.07) is 7.48. The van der Waals surface area contributed by atoms with E-state index in [0.29, 0.717) is 5.69 Å². The quantitative estimate of drug-likeness (QED) is 0.769. The first-order valence-corrected chi connectivity index (χ1v) is 6.99. The average Bonchev–Trinajstić information content (AvgIpc) is 2.41. The lowest BCUT2D eigenvalue weighted by molar-refractivity contribution is -0.121. The number of anilines is 1. The second kappa shape index (κ2) is 6.52. The van der Waals surface area contributed by atoms with Gasteiger partial charge in [0, 0.05) is 17.6 Å². The minimum atomic E-state index is -0.407. The van der Waals surface area contributed by atoms with E-state index in [0.717, 1.165) is 31.2 Å². The van der Waals surface area contributed by atoms with Crippen molar-refractivity contribution in [3.8, 4) is 0 Å². The van der Waals surface area contributed by atoms with Crippen LogP contribution in [0.25, 0.3) is 0 Å². The van der Waals surface area contributed by atoms with Crippen molar-refractivity contribution in [1.82, 2.24) is 0 Å². The minimum Gasteiger partial charge on any atom is -0.369 e. The van der Waals surface area contributed by atoms with E-state index < -0.39 is 5.91 Å². The van der Waals surface area contributed by atoms with Crippen LogP contribution in [0.3, 0.4) is 0 Å². The van der Waals surface area contributed by atoms with Crippen LogP contribution in [0.2, 0.25) is 0 Å². The minimum absolute atomic E-state index is 0.00817. The largest absolute Gasteiger partial charge is 0.369 e. The lowest BCUT2D eigenvalue weighted by atomic mass is 9.86. The first-order valence-electron chi connectivity index (χ1n) is 6.99. The average molecular weight is 275 g/mol. The third-order valence-electron chi connectivity index (χ3n) is 3.78. The van der Waals surface area contributed by atoms with Crippen LogP contribution in [0.15, 0.2) is 24.3 Å². The maximum absolute atomic E-state index is 12.2. The molecular weight excluding hydrogens is 254 g/mol. The van der Waals surface area contributed by atoms with Crippen LogP contribution in [0.4, 0.5) is 5.69 Å². The van der Waals surface area contributed by atoms with Gasteiger partial charge in [-0.1, -0.05) is 18.2 Å². The summed E-state index contributed by atoms with van der Waals surface area (Å²) in [6.45, 7) is 0. The molecule has 0 bridgehead atoms. The molecule has 0 atom stereocenters. The molecule has 5 N–H and O–H groups in total. The lowest BCUT2D eigenvalue weighted by Crippen LogP contribution is -2.32. The van der Waals surface area contributed by atoms with Crippen LogP contribution >= 0.6 is 0 Å². The molecule has 0 aromatic heterocycles. The molecule has 0 saturated heterocycles. The Morgan fingerprint density at radius 2 is 1.80 bits per heavy atom. The maximum atomic E-state index is 12.2. The number of benzene rings is 1. The van der Waals surface area contributed by atoms with Gasteiger partial charge >= 0.3 is 0 Å². The van der Waals surface area contributed by atoms with Gasteiger partial charge < -0.3 is 16.8 Å². The number of amides is 2. The van der Waals surface area contributed by atoms with E-state index in [4.69, 9.17) is 11.5 Å². The van der Waals surface area contributed by atoms with Gasteiger partial charge in [0.25, 0.3) is 0 Å². The van der Waals surface area contributed by atoms with E-state index in [1.807, 2.05) is 12.1 Å². The second-order valence-corrected chi connectivity index (χ2v) is 5.40. The Balaban J connectivity index is 2.02. The third-order valence-corrected chi connectivity index (χ3v) is 3.78. The van der Waals surface area contributed by atoms with E-state index in [9.17, 15) is 9.59 Å². The van der Waals surface area contributed by atoms with Gasteiger partial charge in [0.15, 0.2) is 0 Å². The molecule has 20 heavy (non-hydrogen) atoms. The SMILES string of the molecule is NC(=O)Cc1ccccc1NC(=O)C1CCC(N)CC1. The van der Waals surface area contributed by atoms with Crippen molar-refractivity contribution in [1.29, 1.82) is 0 Å². The van der Waals surface area contributed by atoms with Gasteiger partial charge in [-0.05, 0) is 37.3 Å². The molecule has 1 aliphatic rings. The summed E-state index contributed by atoms with van der Waals surface area (Å²) in [5, 5.41) is 2.91. The van der Waals surface area contributed by atoms with Crippen LogP contribution in [0.1, 0.15) is 31.2 Å². The molecule has 1 saturated carbocycles. The molecule has 108 valence electrons. The topological polar surface area (TPSA) is 98.2 Å². The summed E-state index contributed by atoms with van der Waals surface area (Å²) in [5.74, 6) is -0.388. The summed E-state index contributed by atoms with van der Waals surface area (Å²) in [5.41, 5.74) is 12.5. The predicted molar refractivity (Wildman–Crippen MR) is 77.9 cm³/mol. The number of carbonyl (C=O) groups excluding carboxylic acids is 2. The van der Waals surface area contributed by atoms with E-state index >= 15 is 0 Å². The number of nitrogens with one attached hydrogen (secondary N) is 1. The molecule has 1 aromatic carbocycles. The van der Waals surface area contributed by atoms with Gasteiger partial charge in [0.2, 0.25) is 11.8 Å². The van der Waals surface area contributed by atoms with E-state index in [-0.39, 0.29) is 24.3 Å². The Morgan fingerprint density at radius 3 is 2.45 bits per heavy atom. The zero-order valence-electron chi connectivity index (χ0n) is 11.5. The van der Waals surface area contributed by atoms with Crippen molar-refractivity contribution >= 4 is 17.5 Å². The maximum Gasteiger partial charge on any atom is 0.227 e. The van der Waals surface area contributed by atoms with E-state index in [1.165, 1.54) is 0 Å². The molecule has 0 spiro atoms. The van der Waals surface area contributed by atoms with E-state index in [2.05, 4.69) is 5.32 Å². The van der Waals surface area contributed by atoms with Crippen molar-refractivity contribution in [2.45, 2.75) is 38.1 Å². The van der Waals surface area contributed by atoms with Gasteiger partial charge in [-0.3, -0.25) is 9.59 Å². The number of para-hydroxylation sites is 1. The third kappa shape index (κ3) is 3.81. The Kier molecular flexibility index (Phi) is 4.74. The highest BCUT2D eigenvalue weighted by atomic mass is 16.2. The highest BCUT2D eigenvalue weighted by molar-refractivity contribution is 5.94. The van der Waals surface area contributed by atoms with Crippen LogP contribution < -0.4 is 16.8 Å². The summed E-state index contributed by atoms with van der Waals surface area (Å²) in [7, 11) is 0. The molecule has 1 fully saturated rings. The Labute approximate surface area is 118 Å². The fourth-order valence-electron chi connectivity index (χ4n) is 2.60. The molecule has 5 nitrogen and oxygen atoms in total. The van der Waals surface area contributed by atoms with E-state index in [1.54, 1.807) is 12.1 Å². The molecule has 5 heteroatoms. The zero-order chi connectivity index (χ0) is 14.5. The Hall–Kier alpha value is -1.88. The summed E-state index contributed by atoms with van der Waals surface area (Å²) in [6.07, 6.45) is 3.56. The molecule has 1 aliphatic carbocycles. The molecule has 2 rings (SSSR count). The molecule has 1 aromatic rings. The fourth-order valence-corrected chi connectivity index (χ4v) is 2.60. The molecule has 0 heterocycles. The van der Waals surface area contributed by atoms with Crippen LogP contribution in [0, 0.1) is 5.92 Å². The molecule has 0 aliphatic heterocycles. The Morgan fingerprint density at radius 1 is 1.15 bits per heavy atom. The normalized spacial score (nSPS) is 22.2. The van der Waals surface area contributed by atoms with Crippen molar-refractivity contribution in [3.05, 3.63) is 29.8 Å². The first-order chi connectivity index (χ1) is 9.56. The zero-order valence-corrected chi connectivity index (χ0v) is 11.5. The fraction of sp³-hybridized carbons (Fsp3) is 0.467. The van der Waals surface area contributed by atoms with Crippen LogP contribution in [-0.4, -0.2) is 17.9 Å². The summed E-state index contributed by atoms with van der Waals surface area (Å²) < 4.78 is 0. The second-order valence-electron chi connectivity index (χ2n) is 5.40. The standard InChI is InChI=1S/C15H21N3O2/c16-12-7-5-10(6-8-12)15(20)18-13-4-2-1-3-11(13)9-14(17)19/h1-4,10,12H,5-9,16H2,(H2,17,19)(H,18,20). The van der Waals surface area contributed by atoms with Crippen molar-refractivity contribution in [2.75, 3.05) is 5.32 Å². The molecular formula is C15H21N3O2. The number of hydrogen-bond acceptors (Lipinski definition) is 3. The van der Waals surface area contributed by atoms with Crippen LogP contribution in [-0.2, 0) is 16.0 Å². The number of primary amides is 1. The lowest BCUT2D eigenvalue weighted by Gasteiger charge is -2.25.